The van der Waals surface area contributed by atoms with Gasteiger partial charge in [0, 0.05) is 5.69 Å². The number of esters is 1. The van der Waals surface area contributed by atoms with Gasteiger partial charge in [-0.2, -0.15) is 13.2 Å². The molecular weight excluding hydrogens is 345 g/mol. The molecule has 1 N–H and O–H groups in total. The number of nitrogens with zero attached hydrogens (tertiary/aromatic N) is 1. The van der Waals surface area contributed by atoms with Gasteiger partial charge in [-0.1, -0.05) is 6.92 Å². The van der Waals surface area contributed by atoms with E-state index in [2.05, 4.69) is 10.3 Å². The number of amides is 1. The van der Waals surface area contributed by atoms with E-state index in [0.29, 0.717) is 24.4 Å². The summed E-state index contributed by atoms with van der Waals surface area (Å²) in [7, 11) is 0. The number of alkyl halides is 3. The molecule has 0 unspecified atom stereocenters. The zero-order valence-electron chi connectivity index (χ0n) is 12.5. The van der Waals surface area contributed by atoms with Crippen LogP contribution >= 0.6 is 11.3 Å². The van der Waals surface area contributed by atoms with Gasteiger partial charge in [0.05, 0.1) is 17.7 Å². The highest BCUT2D eigenvalue weighted by Crippen LogP contribution is 2.33. The molecular formula is C15H13F3N2O3S. The molecule has 24 heavy (non-hydrogen) atoms. The second kappa shape index (κ2) is 7.43. The number of rotatable bonds is 5. The molecule has 0 atom stereocenters. The van der Waals surface area contributed by atoms with Gasteiger partial charge in [0.15, 0.2) is 5.69 Å². The van der Waals surface area contributed by atoms with E-state index in [4.69, 9.17) is 4.74 Å². The molecule has 9 heteroatoms. The summed E-state index contributed by atoms with van der Waals surface area (Å²) in [5.41, 5.74) is 0.290. The SMILES string of the molecule is CCCOC(=O)c1ccc(NC(=O)c2scnc2C(F)(F)F)cc1. The summed E-state index contributed by atoms with van der Waals surface area (Å²) in [6, 6.07) is 5.67. The Morgan fingerprint density at radius 3 is 2.50 bits per heavy atom. The number of benzene rings is 1. The molecule has 2 aromatic rings. The Labute approximate surface area is 139 Å². The van der Waals surface area contributed by atoms with Crippen LogP contribution in [-0.4, -0.2) is 23.5 Å². The molecule has 0 radical (unpaired) electrons. The number of nitrogens with one attached hydrogen (secondary N) is 1. The van der Waals surface area contributed by atoms with Gasteiger partial charge in [0.2, 0.25) is 0 Å². The number of aromatic nitrogens is 1. The fourth-order valence-corrected chi connectivity index (χ4v) is 2.47. The fourth-order valence-electron chi connectivity index (χ4n) is 1.76. The number of hydrogen-bond donors (Lipinski definition) is 1. The van der Waals surface area contributed by atoms with Gasteiger partial charge in [-0.15, -0.1) is 11.3 Å². The quantitative estimate of drug-likeness (QED) is 0.821. The van der Waals surface area contributed by atoms with Crippen molar-refractivity contribution in [3.63, 3.8) is 0 Å². The molecule has 0 spiro atoms. The van der Waals surface area contributed by atoms with Crippen molar-refractivity contribution in [3.05, 3.63) is 45.9 Å². The number of hydrogen-bond acceptors (Lipinski definition) is 5. The highest BCUT2D eigenvalue weighted by Gasteiger charge is 2.38. The summed E-state index contributed by atoms with van der Waals surface area (Å²) >= 11 is 0.604. The Kier molecular flexibility index (Phi) is 5.55. The molecule has 1 aromatic carbocycles. The van der Waals surface area contributed by atoms with Crippen molar-refractivity contribution in [2.45, 2.75) is 19.5 Å². The van der Waals surface area contributed by atoms with Gasteiger partial charge in [-0.25, -0.2) is 9.78 Å². The first-order valence-corrected chi connectivity index (χ1v) is 7.80. The van der Waals surface area contributed by atoms with Crippen LogP contribution in [0.15, 0.2) is 29.8 Å². The summed E-state index contributed by atoms with van der Waals surface area (Å²) in [4.78, 5) is 26.3. The summed E-state index contributed by atoms with van der Waals surface area (Å²) in [6.45, 7) is 2.16. The van der Waals surface area contributed by atoms with Crippen LogP contribution < -0.4 is 5.32 Å². The van der Waals surface area contributed by atoms with Crippen LogP contribution in [-0.2, 0) is 10.9 Å². The highest BCUT2D eigenvalue weighted by molar-refractivity contribution is 7.12. The van der Waals surface area contributed by atoms with Gasteiger partial charge in [0.1, 0.15) is 4.88 Å². The summed E-state index contributed by atoms with van der Waals surface area (Å²) in [6.07, 6.45) is -4.00. The molecule has 128 valence electrons. The Hall–Kier alpha value is -2.42. The first-order valence-electron chi connectivity index (χ1n) is 6.92. The summed E-state index contributed by atoms with van der Waals surface area (Å²) < 4.78 is 43.2. The maximum Gasteiger partial charge on any atom is 0.434 e. The maximum atomic E-state index is 12.7. The third-order valence-corrected chi connectivity index (χ3v) is 3.68. The monoisotopic (exact) mass is 358 g/mol. The van der Waals surface area contributed by atoms with Crippen LogP contribution in [0.25, 0.3) is 0 Å². The van der Waals surface area contributed by atoms with E-state index in [9.17, 15) is 22.8 Å². The molecule has 1 heterocycles. The molecule has 1 amide bonds. The largest absolute Gasteiger partial charge is 0.462 e. The first kappa shape index (κ1) is 17.9. The normalized spacial score (nSPS) is 11.2. The van der Waals surface area contributed by atoms with E-state index in [1.54, 1.807) is 0 Å². The van der Waals surface area contributed by atoms with Crippen LogP contribution in [0.1, 0.15) is 39.1 Å². The Morgan fingerprint density at radius 1 is 1.25 bits per heavy atom. The van der Waals surface area contributed by atoms with E-state index >= 15 is 0 Å². The minimum absolute atomic E-state index is 0.258. The van der Waals surface area contributed by atoms with Gasteiger partial charge < -0.3 is 10.1 Å². The van der Waals surface area contributed by atoms with Crippen LogP contribution in [0.3, 0.4) is 0 Å². The molecule has 1 aromatic heterocycles. The summed E-state index contributed by atoms with van der Waals surface area (Å²) in [5.74, 6) is -1.41. The lowest BCUT2D eigenvalue weighted by molar-refractivity contribution is -0.141. The van der Waals surface area contributed by atoms with E-state index in [1.165, 1.54) is 24.3 Å². The van der Waals surface area contributed by atoms with E-state index < -0.39 is 28.6 Å². The van der Waals surface area contributed by atoms with Gasteiger partial charge >= 0.3 is 12.1 Å². The van der Waals surface area contributed by atoms with Crippen molar-refractivity contribution in [2.75, 3.05) is 11.9 Å². The van der Waals surface area contributed by atoms with Crippen LogP contribution in [0.2, 0.25) is 0 Å². The van der Waals surface area contributed by atoms with E-state index in [1.807, 2.05) is 6.92 Å². The third kappa shape index (κ3) is 4.31. The number of ether oxygens (including phenoxy) is 1. The lowest BCUT2D eigenvalue weighted by atomic mass is 10.2. The average molecular weight is 358 g/mol. The number of thiazole rings is 1. The lowest BCUT2D eigenvalue weighted by Gasteiger charge is -2.08. The molecule has 0 aliphatic heterocycles. The molecule has 0 bridgehead atoms. The summed E-state index contributed by atoms with van der Waals surface area (Å²) in [5, 5.41) is 2.35. The highest BCUT2D eigenvalue weighted by atomic mass is 32.1. The number of carbonyl (C=O) groups is 2. The van der Waals surface area contributed by atoms with Crippen LogP contribution in [0, 0.1) is 0 Å². The zero-order chi connectivity index (χ0) is 17.7. The third-order valence-electron chi connectivity index (χ3n) is 2.86. The van der Waals surface area contributed by atoms with Gasteiger partial charge in [0.25, 0.3) is 5.91 Å². The van der Waals surface area contributed by atoms with Crippen molar-refractivity contribution >= 4 is 28.9 Å². The topological polar surface area (TPSA) is 68.3 Å². The molecule has 2 rings (SSSR count). The number of halogens is 3. The van der Waals surface area contributed by atoms with E-state index in [0.717, 1.165) is 5.51 Å². The maximum absolute atomic E-state index is 12.7. The molecule has 5 nitrogen and oxygen atoms in total. The van der Waals surface area contributed by atoms with Gasteiger partial charge in [-0.3, -0.25) is 4.79 Å². The first-order chi connectivity index (χ1) is 11.3. The number of anilines is 1. The minimum atomic E-state index is -4.69. The standard InChI is InChI=1S/C15H13F3N2O3S/c1-2-7-23-14(22)9-3-5-10(6-4-9)20-13(21)11-12(15(16,17)18)19-8-24-11/h3-6,8H,2,7H2,1H3,(H,20,21). The van der Waals surface area contributed by atoms with Crippen molar-refractivity contribution in [1.82, 2.24) is 4.98 Å². The molecule has 0 fully saturated rings. The molecule has 0 aliphatic rings. The van der Waals surface area contributed by atoms with E-state index in [-0.39, 0.29) is 11.3 Å². The zero-order valence-corrected chi connectivity index (χ0v) is 13.3. The number of carbonyl (C=O) groups excluding carboxylic acids is 2. The van der Waals surface area contributed by atoms with Crippen LogP contribution in [0.5, 0.6) is 0 Å². The molecule has 0 saturated heterocycles. The predicted molar refractivity (Wildman–Crippen MR) is 82.1 cm³/mol. The Morgan fingerprint density at radius 2 is 1.92 bits per heavy atom. The second-order valence-electron chi connectivity index (χ2n) is 4.70. The minimum Gasteiger partial charge on any atom is -0.462 e. The predicted octanol–water partition coefficient (Wildman–Crippen LogP) is 3.98. The van der Waals surface area contributed by atoms with Crippen molar-refractivity contribution in [3.8, 4) is 0 Å². The van der Waals surface area contributed by atoms with Gasteiger partial charge in [-0.05, 0) is 30.7 Å². The Balaban J connectivity index is 2.08. The molecule has 0 aliphatic carbocycles. The van der Waals surface area contributed by atoms with Crippen molar-refractivity contribution in [2.24, 2.45) is 0 Å². The molecule has 0 saturated carbocycles. The second-order valence-corrected chi connectivity index (χ2v) is 5.55. The average Bonchev–Trinajstić information content (AvgIpc) is 3.03. The van der Waals surface area contributed by atoms with Crippen molar-refractivity contribution in [1.29, 1.82) is 0 Å². The lowest BCUT2D eigenvalue weighted by Crippen LogP contribution is -2.17. The van der Waals surface area contributed by atoms with Crippen LogP contribution in [0.4, 0.5) is 18.9 Å². The van der Waals surface area contributed by atoms with Crippen molar-refractivity contribution < 1.29 is 27.5 Å². The Bertz CT molecular complexity index is 726. The smallest absolute Gasteiger partial charge is 0.434 e. The fraction of sp³-hybridized carbons (Fsp3) is 0.267.